The molecule has 0 radical (unpaired) electrons. The Morgan fingerprint density at radius 2 is 1.96 bits per heavy atom. The van der Waals surface area contributed by atoms with Crippen molar-refractivity contribution in [1.82, 2.24) is 34.4 Å². The number of piperidine rings is 1. The van der Waals surface area contributed by atoms with E-state index in [0.29, 0.717) is 18.8 Å². The molecule has 1 amide bonds. The second kappa shape index (κ2) is 7.46. The molecule has 0 saturated carbocycles. The number of carbonyl (C=O) groups is 1. The van der Waals surface area contributed by atoms with Crippen LogP contribution in [0.4, 0.5) is 0 Å². The third-order valence-corrected chi connectivity index (χ3v) is 5.00. The van der Waals surface area contributed by atoms with Gasteiger partial charge in [0.25, 0.3) is 5.91 Å². The van der Waals surface area contributed by atoms with Gasteiger partial charge in [0.05, 0.1) is 11.9 Å². The Labute approximate surface area is 163 Å². The molecule has 3 aromatic rings. The zero-order valence-electron chi connectivity index (χ0n) is 16.3. The number of hydrogen-bond acceptors (Lipinski definition) is 6. The molecule has 28 heavy (non-hydrogen) atoms. The van der Waals surface area contributed by atoms with Gasteiger partial charge in [0.15, 0.2) is 5.82 Å². The highest BCUT2D eigenvalue weighted by Gasteiger charge is 2.28. The topological polar surface area (TPSA) is 89.7 Å². The van der Waals surface area contributed by atoms with E-state index in [-0.39, 0.29) is 11.8 Å². The third-order valence-electron chi connectivity index (χ3n) is 5.00. The molecule has 1 fully saturated rings. The van der Waals surface area contributed by atoms with Crippen LogP contribution in [0.2, 0.25) is 0 Å². The van der Waals surface area contributed by atoms with Gasteiger partial charge in [0, 0.05) is 50.3 Å². The van der Waals surface area contributed by atoms with Crippen molar-refractivity contribution in [2.75, 3.05) is 13.1 Å². The second-order valence-electron chi connectivity index (χ2n) is 7.25. The van der Waals surface area contributed by atoms with Crippen molar-refractivity contribution in [3.05, 3.63) is 53.8 Å². The number of rotatable bonds is 3. The lowest BCUT2D eigenvalue weighted by Crippen LogP contribution is -2.40. The summed E-state index contributed by atoms with van der Waals surface area (Å²) in [5, 5.41) is 0. The van der Waals surface area contributed by atoms with Crippen LogP contribution in [-0.2, 0) is 7.05 Å². The molecule has 4 heterocycles. The fraction of sp³-hybridized carbons (Fsp3) is 0.400. The van der Waals surface area contributed by atoms with Gasteiger partial charge in [-0.15, -0.1) is 0 Å². The van der Waals surface area contributed by atoms with E-state index < -0.39 is 0 Å². The van der Waals surface area contributed by atoms with Crippen LogP contribution in [0.3, 0.4) is 0 Å². The van der Waals surface area contributed by atoms with Gasteiger partial charge in [-0.25, -0.2) is 19.9 Å². The van der Waals surface area contributed by atoms with E-state index >= 15 is 0 Å². The average Bonchev–Trinajstić information content (AvgIpc) is 3.13. The third kappa shape index (κ3) is 3.62. The van der Waals surface area contributed by atoms with Gasteiger partial charge in [-0.2, -0.15) is 0 Å². The van der Waals surface area contributed by atoms with Crippen molar-refractivity contribution in [1.29, 1.82) is 0 Å². The van der Waals surface area contributed by atoms with Gasteiger partial charge >= 0.3 is 0 Å². The number of nitrogens with zero attached hydrogens (tertiary/aromatic N) is 7. The van der Waals surface area contributed by atoms with E-state index in [0.717, 1.165) is 41.6 Å². The molecule has 0 aliphatic carbocycles. The predicted molar refractivity (Wildman–Crippen MR) is 104 cm³/mol. The first-order valence-electron chi connectivity index (χ1n) is 9.42. The zero-order valence-corrected chi connectivity index (χ0v) is 16.3. The molecular formula is C20H23N7O. The number of aromatic nitrogens is 6. The Morgan fingerprint density at radius 3 is 2.68 bits per heavy atom. The number of carbonyl (C=O) groups excluding carboxylic acids is 1. The van der Waals surface area contributed by atoms with Crippen LogP contribution in [0.25, 0.3) is 11.5 Å². The molecular weight excluding hydrogens is 354 g/mol. The summed E-state index contributed by atoms with van der Waals surface area (Å²) in [5.74, 6) is 1.58. The molecule has 0 N–H and O–H groups in total. The summed E-state index contributed by atoms with van der Waals surface area (Å²) < 4.78 is 1.94. The number of amides is 1. The van der Waals surface area contributed by atoms with Gasteiger partial charge in [-0.3, -0.25) is 9.78 Å². The van der Waals surface area contributed by atoms with Crippen molar-refractivity contribution < 1.29 is 4.79 Å². The van der Waals surface area contributed by atoms with Crippen LogP contribution in [-0.4, -0.2) is 53.4 Å². The highest BCUT2D eigenvalue weighted by molar-refractivity contribution is 5.92. The Hall–Kier alpha value is -3.16. The summed E-state index contributed by atoms with van der Waals surface area (Å²) in [7, 11) is 1.95. The predicted octanol–water partition coefficient (Wildman–Crippen LogP) is 2.30. The molecule has 8 heteroatoms. The molecule has 8 nitrogen and oxygen atoms in total. The lowest BCUT2D eigenvalue weighted by molar-refractivity contribution is 0.0698. The number of imidazole rings is 1. The summed E-state index contributed by atoms with van der Waals surface area (Å²) in [6, 6.07) is 1.94. The fourth-order valence-electron chi connectivity index (χ4n) is 3.54. The maximum Gasteiger partial charge on any atom is 0.274 e. The number of likely N-dealkylation sites (tertiary alicyclic amines) is 1. The number of aryl methyl sites for hydroxylation is 3. The molecule has 0 bridgehead atoms. The molecule has 3 aromatic heterocycles. The second-order valence-corrected chi connectivity index (χ2v) is 7.25. The number of hydrogen-bond donors (Lipinski definition) is 0. The lowest BCUT2D eigenvalue weighted by Gasteiger charge is -2.32. The zero-order chi connectivity index (χ0) is 19.7. The van der Waals surface area contributed by atoms with Gasteiger partial charge in [0.2, 0.25) is 0 Å². The molecule has 1 aliphatic rings. The van der Waals surface area contributed by atoms with Gasteiger partial charge < -0.3 is 9.47 Å². The van der Waals surface area contributed by atoms with Gasteiger partial charge in [-0.1, -0.05) is 0 Å². The van der Waals surface area contributed by atoms with Crippen molar-refractivity contribution in [3.63, 3.8) is 0 Å². The monoisotopic (exact) mass is 377 g/mol. The molecule has 144 valence electrons. The summed E-state index contributed by atoms with van der Waals surface area (Å²) in [6.45, 7) is 5.11. The van der Waals surface area contributed by atoms with Crippen LogP contribution < -0.4 is 0 Å². The standard InChI is InChI=1S/C20H23N7O/c1-13-9-16(19-21-6-8-26(19)3)25-18(24-13)15-5-4-7-27(12-15)20(28)17-11-22-14(2)10-23-17/h6,8-11,15H,4-5,7,12H2,1-3H3/t15-/m1/s1. The minimum Gasteiger partial charge on any atom is -0.337 e. The van der Waals surface area contributed by atoms with E-state index in [2.05, 4.69) is 19.9 Å². The first kappa shape index (κ1) is 18.2. The Balaban J connectivity index is 1.58. The van der Waals surface area contributed by atoms with E-state index in [1.165, 1.54) is 0 Å². The summed E-state index contributed by atoms with van der Waals surface area (Å²) in [4.78, 5) is 36.9. The maximum atomic E-state index is 12.8. The Bertz CT molecular complexity index is 996. The van der Waals surface area contributed by atoms with Crippen LogP contribution >= 0.6 is 0 Å². The van der Waals surface area contributed by atoms with Crippen molar-refractivity contribution >= 4 is 5.91 Å². The minimum atomic E-state index is -0.0887. The highest BCUT2D eigenvalue weighted by atomic mass is 16.2. The van der Waals surface area contributed by atoms with E-state index in [1.807, 2.05) is 42.6 Å². The maximum absolute atomic E-state index is 12.8. The fourth-order valence-corrected chi connectivity index (χ4v) is 3.54. The van der Waals surface area contributed by atoms with Crippen LogP contribution in [0.1, 0.15) is 46.5 Å². The first-order valence-corrected chi connectivity index (χ1v) is 9.42. The van der Waals surface area contributed by atoms with Crippen LogP contribution in [0.15, 0.2) is 30.9 Å². The van der Waals surface area contributed by atoms with Crippen LogP contribution in [0.5, 0.6) is 0 Å². The smallest absolute Gasteiger partial charge is 0.274 e. The SMILES string of the molecule is Cc1cnc(C(=O)N2CCC[C@@H](c3nc(C)cc(-c4nccn4C)n3)C2)cn1. The molecule has 4 rings (SSSR count). The lowest BCUT2D eigenvalue weighted by atomic mass is 9.96. The first-order chi connectivity index (χ1) is 13.5. The average molecular weight is 377 g/mol. The van der Waals surface area contributed by atoms with E-state index in [9.17, 15) is 4.79 Å². The minimum absolute atomic E-state index is 0.0887. The molecule has 0 aromatic carbocycles. The van der Waals surface area contributed by atoms with Crippen molar-refractivity contribution in [2.45, 2.75) is 32.6 Å². The molecule has 1 aliphatic heterocycles. The van der Waals surface area contributed by atoms with Gasteiger partial charge in [-0.05, 0) is 32.8 Å². The van der Waals surface area contributed by atoms with Gasteiger partial charge in [0.1, 0.15) is 17.2 Å². The quantitative estimate of drug-likeness (QED) is 0.696. The Morgan fingerprint density at radius 1 is 1.11 bits per heavy atom. The molecule has 0 unspecified atom stereocenters. The van der Waals surface area contributed by atoms with Crippen molar-refractivity contribution in [3.8, 4) is 11.5 Å². The highest BCUT2D eigenvalue weighted by Crippen LogP contribution is 2.27. The van der Waals surface area contributed by atoms with E-state index in [4.69, 9.17) is 4.98 Å². The van der Waals surface area contributed by atoms with Crippen LogP contribution in [0, 0.1) is 13.8 Å². The van der Waals surface area contributed by atoms with Crippen molar-refractivity contribution in [2.24, 2.45) is 7.05 Å². The summed E-state index contributed by atoms with van der Waals surface area (Å²) in [5.41, 5.74) is 2.88. The normalized spacial score (nSPS) is 17.0. The summed E-state index contributed by atoms with van der Waals surface area (Å²) >= 11 is 0. The van der Waals surface area contributed by atoms with E-state index in [1.54, 1.807) is 18.6 Å². The Kier molecular flexibility index (Phi) is 4.85. The molecule has 1 saturated heterocycles. The summed E-state index contributed by atoms with van der Waals surface area (Å²) in [6.07, 6.45) is 8.69. The largest absolute Gasteiger partial charge is 0.337 e. The molecule has 1 atom stereocenters. The molecule has 0 spiro atoms.